The largest absolute Gasteiger partial charge is 0.405 e. The summed E-state index contributed by atoms with van der Waals surface area (Å²) in [5.41, 5.74) is 0.249. The van der Waals surface area contributed by atoms with Crippen molar-refractivity contribution < 1.29 is 18.0 Å². The summed E-state index contributed by atoms with van der Waals surface area (Å²) in [6, 6.07) is 3.20. The summed E-state index contributed by atoms with van der Waals surface area (Å²) < 4.78 is 35.4. The molecule has 0 heterocycles. The molecular weight excluding hydrogens is 280 g/mol. The fourth-order valence-corrected chi connectivity index (χ4v) is 1.23. The molecule has 0 aliphatic rings. The first-order chi connectivity index (χ1) is 7.78. The van der Waals surface area contributed by atoms with E-state index in [1.807, 2.05) is 0 Å². The van der Waals surface area contributed by atoms with Crippen molar-refractivity contribution >= 4 is 34.9 Å². The van der Waals surface area contributed by atoms with Crippen molar-refractivity contribution in [2.75, 3.05) is 11.9 Å². The Hall–Kier alpha value is -1.14. The van der Waals surface area contributed by atoms with E-state index in [-0.39, 0.29) is 15.7 Å². The van der Waals surface area contributed by atoms with Crippen LogP contribution in [0.25, 0.3) is 0 Å². The van der Waals surface area contributed by atoms with Crippen LogP contribution >= 0.6 is 23.2 Å². The van der Waals surface area contributed by atoms with E-state index in [1.54, 1.807) is 5.32 Å². The van der Waals surface area contributed by atoms with Gasteiger partial charge >= 0.3 is 12.2 Å². The van der Waals surface area contributed by atoms with Gasteiger partial charge in [0.2, 0.25) is 0 Å². The zero-order valence-electron chi connectivity index (χ0n) is 8.24. The predicted octanol–water partition coefficient (Wildman–Crippen LogP) is 3.68. The standard InChI is InChI=1S/C9H7Cl2F3N2O/c10-6-2-1-5(3-7(6)11)16-8(17)15-4-9(12,13)14/h1-3H,4H2,(H2,15,16,17). The number of rotatable bonds is 2. The zero-order valence-corrected chi connectivity index (χ0v) is 9.75. The van der Waals surface area contributed by atoms with Crippen molar-refractivity contribution in [1.82, 2.24) is 5.32 Å². The Morgan fingerprint density at radius 2 is 1.88 bits per heavy atom. The molecule has 0 aliphatic carbocycles. The maximum atomic E-state index is 11.8. The van der Waals surface area contributed by atoms with Crippen LogP contribution in [0.1, 0.15) is 0 Å². The first-order valence-corrected chi connectivity index (χ1v) is 5.10. The average molecular weight is 287 g/mol. The molecule has 3 nitrogen and oxygen atoms in total. The molecule has 0 bridgehead atoms. The van der Waals surface area contributed by atoms with Gasteiger partial charge in [0.05, 0.1) is 10.0 Å². The molecule has 0 saturated heterocycles. The van der Waals surface area contributed by atoms with Gasteiger partial charge in [-0.2, -0.15) is 13.2 Å². The molecule has 0 saturated carbocycles. The third-order valence-electron chi connectivity index (χ3n) is 1.63. The minimum absolute atomic E-state index is 0.195. The molecule has 0 aromatic heterocycles. The second-order valence-electron chi connectivity index (χ2n) is 3.05. The molecule has 0 spiro atoms. The number of benzene rings is 1. The van der Waals surface area contributed by atoms with Crippen molar-refractivity contribution in [3.05, 3.63) is 28.2 Å². The smallest absolute Gasteiger partial charge is 0.329 e. The third kappa shape index (κ3) is 5.14. The molecule has 17 heavy (non-hydrogen) atoms. The van der Waals surface area contributed by atoms with E-state index in [9.17, 15) is 18.0 Å². The Morgan fingerprint density at radius 3 is 2.41 bits per heavy atom. The van der Waals surface area contributed by atoms with Gasteiger partial charge in [-0.1, -0.05) is 23.2 Å². The van der Waals surface area contributed by atoms with Crippen molar-refractivity contribution in [3.63, 3.8) is 0 Å². The lowest BCUT2D eigenvalue weighted by Crippen LogP contribution is -2.36. The molecular formula is C9H7Cl2F3N2O. The van der Waals surface area contributed by atoms with Gasteiger partial charge < -0.3 is 10.6 Å². The Labute approximate surface area is 105 Å². The molecule has 1 aromatic carbocycles. The Balaban J connectivity index is 2.54. The zero-order chi connectivity index (χ0) is 13.1. The summed E-state index contributed by atoms with van der Waals surface area (Å²) in [6.07, 6.45) is -4.45. The number of carbonyl (C=O) groups is 1. The normalized spacial score (nSPS) is 11.1. The van der Waals surface area contributed by atoms with Gasteiger partial charge in [-0.05, 0) is 18.2 Å². The van der Waals surface area contributed by atoms with Gasteiger partial charge in [-0.25, -0.2) is 4.79 Å². The highest BCUT2D eigenvalue weighted by atomic mass is 35.5. The third-order valence-corrected chi connectivity index (χ3v) is 2.37. The van der Waals surface area contributed by atoms with Crippen LogP contribution < -0.4 is 10.6 Å². The fraction of sp³-hybridized carbons (Fsp3) is 0.222. The monoisotopic (exact) mass is 286 g/mol. The van der Waals surface area contributed by atoms with Gasteiger partial charge in [0.15, 0.2) is 0 Å². The summed E-state index contributed by atoms with van der Waals surface area (Å²) in [7, 11) is 0. The Morgan fingerprint density at radius 1 is 1.24 bits per heavy atom. The molecule has 0 unspecified atom stereocenters. The first-order valence-electron chi connectivity index (χ1n) is 4.34. The van der Waals surface area contributed by atoms with Crippen LogP contribution in [-0.4, -0.2) is 18.8 Å². The molecule has 1 aromatic rings. The second-order valence-corrected chi connectivity index (χ2v) is 3.87. The highest BCUT2D eigenvalue weighted by molar-refractivity contribution is 6.42. The molecule has 2 amide bonds. The van der Waals surface area contributed by atoms with Gasteiger partial charge in [-0.3, -0.25) is 0 Å². The molecule has 0 fully saturated rings. The van der Waals surface area contributed by atoms with Crippen LogP contribution in [0.15, 0.2) is 18.2 Å². The maximum absolute atomic E-state index is 11.8. The van der Waals surface area contributed by atoms with E-state index in [1.165, 1.54) is 18.2 Å². The molecule has 1 rings (SSSR count). The maximum Gasteiger partial charge on any atom is 0.405 e. The first kappa shape index (κ1) is 13.9. The highest BCUT2D eigenvalue weighted by Gasteiger charge is 2.27. The lowest BCUT2D eigenvalue weighted by atomic mass is 10.3. The van der Waals surface area contributed by atoms with Gasteiger partial charge in [0, 0.05) is 5.69 Å². The molecule has 0 atom stereocenters. The van der Waals surface area contributed by atoms with E-state index in [0.29, 0.717) is 0 Å². The van der Waals surface area contributed by atoms with Crippen molar-refractivity contribution in [3.8, 4) is 0 Å². The predicted molar refractivity (Wildman–Crippen MR) is 59.5 cm³/mol. The number of urea groups is 1. The van der Waals surface area contributed by atoms with E-state index in [4.69, 9.17) is 23.2 Å². The Kier molecular flexibility index (Phi) is 4.47. The van der Waals surface area contributed by atoms with Crippen molar-refractivity contribution in [2.24, 2.45) is 0 Å². The van der Waals surface area contributed by atoms with Crippen LogP contribution in [0.3, 0.4) is 0 Å². The molecule has 2 N–H and O–H groups in total. The molecule has 94 valence electrons. The molecule has 8 heteroatoms. The highest BCUT2D eigenvalue weighted by Crippen LogP contribution is 2.24. The quantitative estimate of drug-likeness (QED) is 0.856. The summed E-state index contributed by atoms with van der Waals surface area (Å²) in [4.78, 5) is 11.1. The number of hydrogen-bond acceptors (Lipinski definition) is 1. The van der Waals surface area contributed by atoms with Gasteiger partial charge in [-0.15, -0.1) is 0 Å². The van der Waals surface area contributed by atoms with Crippen LogP contribution in [0.2, 0.25) is 10.0 Å². The summed E-state index contributed by atoms with van der Waals surface area (Å²) >= 11 is 11.3. The number of anilines is 1. The number of hydrogen-bond donors (Lipinski definition) is 2. The van der Waals surface area contributed by atoms with Crippen molar-refractivity contribution in [2.45, 2.75) is 6.18 Å². The minimum Gasteiger partial charge on any atom is -0.329 e. The fourth-order valence-electron chi connectivity index (χ4n) is 0.930. The molecule has 0 aliphatic heterocycles. The van der Waals surface area contributed by atoms with Crippen LogP contribution in [-0.2, 0) is 0 Å². The number of halogens is 5. The van der Waals surface area contributed by atoms with Gasteiger partial charge in [0.25, 0.3) is 0 Å². The van der Waals surface area contributed by atoms with Crippen LogP contribution in [0.4, 0.5) is 23.7 Å². The SMILES string of the molecule is O=C(NCC(F)(F)F)Nc1ccc(Cl)c(Cl)c1. The summed E-state index contributed by atoms with van der Waals surface area (Å²) in [6.45, 7) is -1.40. The summed E-state index contributed by atoms with van der Waals surface area (Å²) in [5.74, 6) is 0. The van der Waals surface area contributed by atoms with Crippen LogP contribution in [0, 0.1) is 0 Å². The second kappa shape index (κ2) is 5.46. The number of carbonyl (C=O) groups excluding carboxylic acids is 1. The van der Waals surface area contributed by atoms with E-state index < -0.39 is 18.8 Å². The lowest BCUT2D eigenvalue weighted by molar-refractivity contribution is -0.122. The molecule has 0 radical (unpaired) electrons. The van der Waals surface area contributed by atoms with E-state index in [0.717, 1.165) is 0 Å². The summed E-state index contributed by atoms with van der Waals surface area (Å²) in [5, 5.41) is 4.32. The number of alkyl halides is 3. The van der Waals surface area contributed by atoms with Crippen LogP contribution in [0.5, 0.6) is 0 Å². The minimum atomic E-state index is -4.45. The lowest BCUT2D eigenvalue weighted by Gasteiger charge is -2.10. The Bertz CT molecular complexity index is 423. The average Bonchev–Trinajstić information content (AvgIpc) is 2.20. The van der Waals surface area contributed by atoms with E-state index >= 15 is 0 Å². The van der Waals surface area contributed by atoms with E-state index in [2.05, 4.69) is 5.32 Å². The van der Waals surface area contributed by atoms with Crippen molar-refractivity contribution in [1.29, 1.82) is 0 Å². The number of nitrogens with one attached hydrogen (secondary N) is 2. The number of amides is 2. The topological polar surface area (TPSA) is 41.1 Å². The van der Waals surface area contributed by atoms with Gasteiger partial charge in [0.1, 0.15) is 6.54 Å².